The van der Waals surface area contributed by atoms with Crippen molar-refractivity contribution in [1.29, 1.82) is 0 Å². The van der Waals surface area contributed by atoms with Crippen LogP contribution in [0.5, 0.6) is 0 Å². The Morgan fingerprint density at radius 3 is 2.94 bits per heavy atom. The highest BCUT2D eigenvalue weighted by molar-refractivity contribution is 9.10. The molecule has 0 atom stereocenters. The van der Waals surface area contributed by atoms with Crippen molar-refractivity contribution in [3.8, 4) is 10.6 Å². The zero-order valence-corrected chi connectivity index (χ0v) is 11.7. The van der Waals surface area contributed by atoms with Gasteiger partial charge in [0.05, 0.1) is 10.2 Å². The van der Waals surface area contributed by atoms with E-state index in [2.05, 4.69) is 26.2 Å². The van der Waals surface area contributed by atoms with Crippen molar-refractivity contribution in [2.75, 3.05) is 6.54 Å². The molecule has 1 aliphatic rings. The molecule has 0 spiro atoms. The molecule has 18 heavy (non-hydrogen) atoms. The molecular formula is C12H9BrF2N2S. The molecule has 0 radical (unpaired) electrons. The normalized spacial score (nSPS) is 14.6. The first-order valence-corrected chi connectivity index (χ1v) is 7.11. The summed E-state index contributed by atoms with van der Waals surface area (Å²) in [6.07, 6.45) is 0.882. The first-order chi connectivity index (χ1) is 8.66. The summed E-state index contributed by atoms with van der Waals surface area (Å²) < 4.78 is 26.7. The lowest BCUT2D eigenvalue weighted by molar-refractivity contribution is 0.505. The lowest BCUT2D eigenvalue weighted by atomic mass is 10.2. The monoisotopic (exact) mass is 330 g/mol. The highest BCUT2D eigenvalue weighted by atomic mass is 79.9. The Labute approximate surface area is 115 Å². The molecule has 0 aliphatic carbocycles. The Bertz CT molecular complexity index is 589. The number of aromatic nitrogens is 1. The van der Waals surface area contributed by atoms with Gasteiger partial charge in [0, 0.05) is 30.0 Å². The first kappa shape index (κ1) is 12.2. The second-order valence-electron chi connectivity index (χ2n) is 4.04. The molecule has 94 valence electrons. The molecule has 0 bridgehead atoms. The number of nitrogens with one attached hydrogen (secondary N) is 1. The van der Waals surface area contributed by atoms with E-state index in [9.17, 15) is 8.78 Å². The van der Waals surface area contributed by atoms with Gasteiger partial charge in [-0.05, 0) is 28.1 Å². The van der Waals surface area contributed by atoms with Gasteiger partial charge in [-0.1, -0.05) is 0 Å². The Morgan fingerprint density at radius 2 is 2.17 bits per heavy atom. The fourth-order valence-electron chi connectivity index (χ4n) is 1.93. The Hall–Kier alpha value is -0.850. The zero-order valence-electron chi connectivity index (χ0n) is 9.27. The summed E-state index contributed by atoms with van der Waals surface area (Å²) in [5.41, 5.74) is 1.67. The van der Waals surface area contributed by atoms with Crippen LogP contribution >= 0.6 is 27.3 Å². The van der Waals surface area contributed by atoms with Crippen molar-refractivity contribution in [2.45, 2.75) is 13.0 Å². The van der Waals surface area contributed by atoms with E-state index in [0.717, 1.165) is 36.3 Å². The molecule has 6 heteroatoms. The molecule has 0 amide bonds. The van der Waals surface area contributed by atoms with Crippen molar-refractivity contribution in [1.82, 2.24) is 10.3 Å². The molecule has 1 aliphatic heterocycles. The van der Waals surface area contributed by atoms with Crippen LogP contribution in [0.15, 0.2) is 16.6 Å². The molecule has 2 aromatic rings. The number of hydrogen-bond donors (Lipinski definition) is 1. The van der Waals surface area contributed by atoms with Gasteiger partial charge in [-0.2, -0.15) is 0 Å². The van der Waals surface area contributed by atoms with E-state index in [1.54, 1.807) is 6.07 Å². The molecule has 3 rings (SSSR count). The topological polar surface area (TPSA) is 24.9 Å². The molecule has 0 unspecified atom stereocenters. The number of fused-ring (bicyclic) bond motifs is 1. The van der Waals surface area contributed by atoms with E-state index in [4.69, 9.17) is 0 Å². The molecule has 2 nitrogen and oxygen atoms in total. The maximum atomic E-state index is 13.5. The molecule has 0 saturated carbocycles. The zero-order chi connectivity index (χ0) is 12.7. The van der Waals surface area contributed by atoms with Crippen molar-refractivity contribution in [3.05, 3.63) is 38.8 Å². The van der Waals surface area contributed by atoms with Crippen molar-refractivity contribution >= 4 is 27.3 Å². The largest absolute Gasteiger partial charge is 0.311 e. The van der Waals surface area contributed by atoms with E-state index in [1.165, 1.54) is 16.2 Å². The minimum atomic E-state index is -0.862. The maximum absolute atomic E-state index is 13.5. The summed E-state index contributed by atoms with van der Waals surface area (Å²) in [7, 11) is 0. The summed E-state index contributed by atoms with van der Waals surface area (Å²) in [4.78, 5) is 5.69. The van der Waals surface area contributed by atoms with Gasteiger partial charge in [-0.3, -0.25) is 0 Å². The van der Waals surface area contributed by atoms with Crippen LogP contribution < -0.4 is 5.32 Å². The van der Waals surface area contributed by atoms with Crippen molar-refractivity contribution in [2.24, 2.45) is 0 Å². The number of hydrogen-bond acceptors (Lipinski definition) is 3. The smallest absolute Gasteiger partial charge is 0.173 e. The standard InChI is InChI=1S/C12H9BrF2N2S/c13-10-6(1-2-7(14)11(10)15)12-17-8-3-4-16-5-9(8)18-12/h1-2,16H,3-5H2. The van der Waals surface area contributed by atoms with E-state index < -0.39 is 11.6 Å². The fraction of sp³-hybridized carbons (Fsp3) is 0.250. The number of halogens is 3. The van der Waals surface area contributed by atoms with Gasteiger partial charge in [-0.25, -0.2) is 13.8 Å². The Kier molecular flexibility index (Phi) is 3.17. The van der Waals surface area contributed by atoms with Crippen molar-refractivity contribution < 1.29 is 8.78 Å². The van der Waals surface area contributed by atoms with Gasteiger partial charge < -0.3 is 5.32 Å². The summed E-state index contributed by atoms with van der Waals surface area (Å²) in [6.45, 7) is 1.71. The van der Waals surface area contributed by atoms with E-state index >= 15 is 0 Å². The van der Waals surface area contributed by atoms with E-state index in [0.29, 0.717) is 5.56 Å². The van der Waals surface area contributed by atoms with Crippen LogP contribution in [0.2, 0.25) is 0 Å². The second-order valence-corrected chi connectivity index (χ2v) is 5.92. The minimum Gasteiger partial charge on any atom is -0.311 e. The van der Waals surface area contributed by atoms with Gasteiger partial charge in [0.15, 0.2) is 11.6 Å². The number of thiazole rings is 1. The third-order valence-electron chi connectivity index (χ3n) is 2.87. The third-order valence-corrected chi connectivity index (χ3v) is 4.77. The molecule has 0 fully saturated rings. The molecule has 1 aromatic carbocycles. The predicted molar refractivity (Wildman–Crippen MR) is 70.6 cm³/mol. The Morgan fingerprint density at radius 1 is 1.33 bits per heavy atom. The van der Waals surface area contributed by atoms with E-state index in [1.807, 2.05) is 0 Å². The van der Waals surface area contributed by atoms with Crippen molar-refractivity contribution in [3.63, 3.8) is 0 Å². The van der Waals surface area contributed by atoms with E-state index in [-0.39, 0.29) is 4.47 Å². The third kappa shape index (κ3) is 1.98. The number of rotatable bonds is 1. The lowest BCUT2D eigenvalue weighted by Gasteiger charge is -2.09. The first-order valence-electron chi connectivity index (χ1n) is 5.50. The van der Waals surface area contributed by atoms with Crippen LogP contribution in [0, 0.1) is 11.6 Å². The van der Waals surface area contributed by atoms with Gasteiger partial charge >= 0.3 is 0 Å². The average Bonchev–Trinajstić information content (AvgIpc) is 2.79. The summed E-state index contributed by atoms with van der Waals surface area (Å²) in [6, 6.07) is 2.69. The molecule has 2 heterocycles. The van der Waals surface area contributed by atoms with Crippen LogP contribution in [0.1, 0.15) is 10.6 Å². The minimum absolute atomic E-state index is 0.140. The van der Waals surface area contributed by atoms with Gasteiger partial charge in [0.2, 0.25) is 0 Å². The van der Waals surface area contributed by atoms with Crippen LogP contribution in [-0.4, -0.2) is 11.5 Å². The molecule has 0 saturated heterocycles. The maximum Gasteiger partial charge on any atom is 0.173 e. The highest BCUT2D eigenvalue weighted by Crippen LogP contribution is 2.36. The van der Waals surface area contributed by atoms with Crippen LogP contribution in [0.4, 0.5) is 8.78 Å². The quantitative estimate of drug-likeness (QED) is 0.809. The molecular weight excluding hydrogens is 322 g/mol. The van der Waals surface area contributed by atoms with Gasteiger partial charge in [0.25, 0.3) is 0 Å². The predicted octanol–water partition coefficient (Wildman–Crippen LogP) is 3.50. The van der Waals surface area contributed by atoms with Gasteiger partial charge in [0.1, 0.15) is 5.01 Å². The Balaban J connectivity index is 2.10. The highest BCUT2D eigenvalue weighted by Gasteiger charge is 2.19. The molecule has 1 N–H and O–H groups in total. The summed E-state index contributed by atoms with van der Waals surface area (Å²) in [5.74, 6) is -1.72. The summed E-state index contributed by atoms with van der Waals surface area (Å²) >= 11 is 4.62. The fourth-order valence-corrected chi connectivity index (χ4v) is 3.68. The lowest BCUT2D eigenvalue weighted by Crippen LogP contribution is -2.22. The number of benzene rings is 1. The van der Waals surface area contributed by atoms with Crippen LogP contribution in [0.25, 0.3) is 10.6 Å². The SMILES string of the molecule is Fc1ccc(-c2nc3c(s2)CNCC3)c(Br)c1F. The van der Waals surface area contributed by atoms with Crippen LogP contribution in [0.3, 0.4) is 0 Å². The number of nitrogens with zero attached hydrogens (tertiary/aromatic N) is 1. The second kappa shape index (κ2) is 4.68. The summed E-state index contributed by atoms with van der Waals surface area (Å²) in [5, 5.41) is 4.00. The van der Waals surface area contributed by atoms with Crippen LogP contribution in [-0.2, 0) is 13.0 Å². The van der Waals surface area contributed by atoms with Gasteiger partial charge in [-0.15, -0.1) is 11.3 Å². The molecule has 1 aromatic heterocycles. The average molecular weight is 331 g/mol.